The lowest BCUT2D eigenvalue weighted by Gasteiger charge is -1.89. The summed E-state index contributed by atoms with van der Waals surface area (Å²) in [5.41, 5.74) is 1.10. The van der Waals surface area contributed by atoms with Gasteiger partial charge in [-0.25, -0.2) is 4.98 Å². The number of pyridine rings is 2. The Morgan fingerprint density at radius 1 is 1.50 bits per heavy atom. The average Bonchev–Trinajstić information content (AvgIpc) is 2.66. The molecular weight excluding hydrogens is 206 g/mol. The maximum atomic E-state index is 11.5. The molecule has 0 spiro atoms. The van der Waals surface area contributed by atoms with Crippen LogP contribution in [0, 0.1) is 11.3 Å². The van der Waals surface area contributed by atoms with E-state index < -0.39 is 5.56 Å². The van der Waals surface area contributed by atoms with E-state index in [-0.39, 0.29) is 5.56 Å². The van der Waals surface area contributed by atoms with Crippen LogP contribution in [0.1, 0.15) is 5.56 Å². The third-order valence-electron chi connectivity index (χ3n) is 2.37. The van der Waals surface area contributed by atoms with E-state index in [1.165, 1.54) is 6.07 Å². The van der Waals surface area contributed by atoms with Crippen molar-refractivity contribution < 1.29 is 4.42 Å². The van der Waals surface area contributed by atoms with Gasteiger partial charge in [0, 0.05) is 12.3 Å². The number of nitrogens with one attached hydrogen (secondary N) is 1. The number of nitriles is 1. The van der Waals surface area contributed by atoms with Crippen LogP contribution in [0.15, 0.2) is 33.6 Å². The van der Waals surface area contributed by atoms with Crippen molar-refractivity contribution >= 4 is 22.2 Å². The fourth-order valence-electron chi connectivity index (χ4n) is 1.64. The molecule has 3 heterocycles. The zero-order valence-corrected chi connectivity index (χ0v) is 8.02. The molecule has 0 radical (unpaired) electrons. The summed E-state index contributed by atoms with van der Waals surface area (Å²) in [5, 5.41) is 9.46. The normalized spacial score (nSPS) is 10.7. The second-order valence-corrected chi connectivity index (χ2v) is 3.32. The third-order valence-corrected chi connectivity index (χ3v) is 2.37. The molecule has 5 nitrogen and oxygen atoms in total. The molecule has 0 atom stereocenters. The number of furan rings is 1. The number of aromatic nitrogens is 2. The summed E-state index contributed by atoms with van der Waals surface area (Å²) in [6, 6.07) is 6.79. The van der Waals surface area contributed by atoms with E-state index in [1.807, 2.05) is 6.07 Å². The van der Waals surface area contributed by atoms with Gasteiger partial charge in [0.2, 0.25) is 5.71 Å². The molecule has 0 aliphatic heterocycles. The highest BCUT2D eigenvalue weighted by Crippen LogP contribution is 2.24. The van der Waals surface area contributed by atoms with Crippen LogP contribution in [-0.2, 0) is 0 Å². The van der Waals surface area contributed by atoms with Gasteiger partial charge in [0.15, 0.2) is 5.58 Å². The third kappa shape index (κ3) is 1.04. The fraction of sp³-hybridized carbons (Fsp3) is 0. The topological polar surface area (TPSA) is 82.7 Å². The van der Waals surface area contributed by atoms with Crippen molar-refractivity contribution in [2.75, 3.05) is 0 Å². The molecule has 0 bridgehead atoms. The average molecular weight is 211 g/mol. The molecule has 0 saturated carbocycles. The molecule has 0 unspecified atom stereocenters. The van der Waals surface area contributed by atoms with Crippen molar-refractivity contribution in [2.24, 2.45) is 0 Å². The predicted molar refractivity (Wildman–Crippen MR) is 56.9 cm³/mol. The molecule has 0 aliphatic carbocycles. The maximum absolute atomic E-state index is 11.5. The van der Waals surface area contributed by atoms with Gasteiger partial charge in [0.05, 0.1) is 10.9 Å². The van der Waals surface area contributed by atoms with Gasteiger partial charge in [-0.2, -0.15) is 5.26 Å². The van der Waals surface area contributed by atoms with E-state index in [0.29, 0.717) is 16.8 Å². The number of fused-ring (bicyclic) bond motifs is 3. The zero-order chi connectivity index (χ0) is 11.1. The van der Waals surface area contributed by atoms with Crippen molar-refractivity contribution in [3.8, 4) is 6.07 Å². The lowest BCUT2D eigenvalue weighted by atomic mass is 10.2. The Morgan fingerprint density at radius 3 is 3.19 bits per heavy atom. The zero-order valence-electron chi connectivity index (χ0n) is 8.02. The SMILES string of the molecule is N#Cc1cc2oc3ncccc3c2[nH]c1=O. The Labute approximate surface area is 88.9 Å². The second-order valence-electron chi connectivity index (χ2n) is 3.32. The fourth-order valence-corrected chi connectivity index (χ4v) is 1.64. The molecular formula is C11H5N3O2. The van der Waals surface area contributed by atoms with Crippen LogP contribution in [0.4, 0.5) is 0 Å². The van der Waals surface area contributed by atoms with Gasteiger partial charge >= 0.3 is 0 Å². The van der Waals surface area contributed by atoms with Gasteiger partial charge in [-0.3, -0.25) is 4.79 Å². The van der Waals surface area contributed by atoms with Gasteiger partial charge in [-0.15, -0.1) is 0 Å². The van der Waals surface area contributed by atoms with E-state index in [2.05, 4.69) is 9.97 Å². The molecule has 76 valence electrons. The quantitative estimate of drug-likeness (QED) is 0.611. The Bertz CT molecular complexity index is 792. The van der Waals surface area contributed by atoms with Gasteiger partial charge in [0.25, 0.3) is 5.56 Å². The summed E-state index contributed by atoms with van der Waals surface area (Å²) in [4.78, 5) is 18.1. The summed E-state index contributed by atoms with van der Waals surface area (Å²) in [7, 11) is 0. The van der Waals surface area contributed by atoms with Crippen LogP contribution < -0.4 is 5.56 Å². The first-order valence-electron chi connectivity index (χ1n) is 4.60. The lowest BCUT2D eigenvalue weighted by Crippen LogP contribution is -2.08. The Balaban J connectivity index is 2.57. The number of H-pyrrole nitrogens is 1. The van der Waals surface area contributed by atoms with Crippen molar-refractivity contribution in [1.82, 2.24) is 9.97 Å². The van der Waals surface area contributed by atoms with Crippen LogP contribution in [-0.4, -0.2) is 9.97 Å². The number of aromatic amines is 1. The van der Waals surface area contributed by atoms with Gasteiger partial charge in [-0.1, -0.05) is 0 Å². The minimum Gasteiger partial charge on any atom is -0.436 e. The molecule has 0 saturated heterocycles. The van der Waals surface area contributed by atoms with Crippen LogP contribution in [0.3, 0.4) is 0 Å². The number of hydrogen-bond acceptors (Lipinski definition) is 4. The van der Waals surface area contributed by atoms with E-state index >= 15 is 0 Å². The van der Waals surface area contributed by atoms with Crippen molar-refractivity contribution in [2.45, 2.75) is 0 Å². The number of hydrogen-bond donors (Lipinski definition) is 1. The molecule has 0 aliphatic rings. The maximum Gasteiger partial charge on any atom is 0.266 e. The van der Waals surface area contributed by atoms with Gasteiger partial charge in [-0.05, 0) is 12.1 Å². The minimum absolute atomic E-state index is 0.0338. The number of rotatable bonds is 0. The summed E-state index contributed by atoms with van der Waals surface area (Å²) in [6.45, 7) is 0. The summed E-state index contributed by atoms with van der Waals surface area (Å²) in [5.74, 6) is 0. The van der Waals surface area contributed by atoms with Crippen molar-refractivity contribution in [3.05, 3.63) is 40.3 Å². The first kappa shape index (κ1) is 8.68. The highest BCUT2D eigenvalue weighted by molar-refractivity contribution is 6.00. The van der Waals surface area contributed by atoms with E-state index in [4.69, 9.17) is 9.68 Å². The predicted octanol–water partition coefficient (Wildman–Crippen LogP) is 1.54. The van der Waals surface area contributed by atoms with Crippen LogP contribution >= 0.6 is 0 Å². The molecule has 16 heavy (non-hydrogen) atoms. The molecule has 1 N–H and O–H groups in total. The van der Waals surface area contributed by atoms with Crippen LogP contribution in [0.2, 0.25) is 0 Å². The first-order chi connectivity index (χ1) is 7.79. The van der Waals surface area contributed by atoms with E-state index in [9.17, 15) is 4.79 Å². The Kier molecular flexibility index (Phi) is 1.59. The Morgan fingerprint density at radius 2 is 2.38 bits per heavy atom. The summed E-state index contributed by atoms with van der Waals surface area (Å²) in [6.07, 6.45) is 1.61. The van der Waals surface area contributed by atoms with Crippen molar-refractivity contribution in [3.63, 3.8) is 0 Å². The van der Waals surface area contributed by atoms with E-state index in [1.54, 1.807) is 18.3 Å². The second kappa shape index (κ2) is 2.94. The van der Waals surface area contributed by atoms with E-state index in [0.717, 1.165) is 5.39 Å². The van der Waals surface area contributed by atoms with Gasteiger partial charge in [0.1, 0.15) is 11.6 Å². The molecule has 3 rings (SSSR count). The molecule has 5 heteroatoms. The first-order valence-corrected chi connectivity index (χ1v) is 4.60. The molecule has 3 aromatic heterocycles. The minimum atomic E-state index is -0.415. The molecule has 0 amide bonds. The highest BCUT2D eigenvalue weighted by atomic mass is 16.3. The number of nitrogens with zero attached hydrogens (tertiary/aromatic N) is 2. The largest absolute Gasteiger partial charge is 0.436 e. The smallest absolute Gasteiger partial charge is 0.266 e. The summed E-state index contributed by atoms with van der Waals surface area (Å²) < 4.78 is 5.42. The Hall–Kier alpha value is -2.61. The standard InChI is InChI=1S/C11H5N3O2/c12-5-6-4-8-9(14-10(6)15)7-2-1-3-13-11(7)16-8/h1-4H,(H,14,15). The monoisotopic (exact) mass is 211 g/mol. The lowest BCUT2D eigenvalue weighted by molar-refractivity contribution is 0.653. The molecule has 0 fully saturated rings. The highest BCUT2D eigenvalue weighted by Gasteiger charge is 2.10. The molecule has 0 aromatic carbocycles. The van der Waals surface area contributed by atoms with Crippen LogP contribution in [0.5, 0.6) is 0 Å². The van der Waals surface area contributed by atoms with Crippen LogP contribution in [0.25, 0.3) is 22.2 Å². The van der Waals surface area contributed by atoms with Gasteiger partial charge < -0.3 is 9.40 Å². The summed E-state index contributed by atoms with van der Waals surface area (Å²) >= 11 is 0. The molecule has 3 aromatic rings. The van der Waals surface area contributed by atoms with Crippen molar-refractivity contribution in [1.29, 1.82) is 5.26 Å².